The zero-order valence-corrected chi connectivity index (χ0v) is 14.2. The maximum Gasteiger partial charge on any atom is 0.317 e. The van der Waals surface area contributed by atoms with Crippen LogP contribution >= 0.6 is 0 Å². The number of carbonyl (C=O) groups is 1. The largest absolute Gasteiger partial charge is 0.393 e. The summed E-state index contributed by atoms with van der Waals surface area (Å²) in [6, 6.07) is 4.54. The second-order valence-corrected chi connectivity index (χ2v) is 6.67. The number of benzene rings is 1. The number of rotatable bonds is 4. The van der Waals surface area contributed by atoms with Gasteiger partial charge in [-0.15, -0.1) is 0 Å². The molecule has 0 saturated heterocycles. The zero-order chi connectivity index (χ0) is 17.0. The molecule has 2 N–H and O–H groups in total. The summed E-state index contributed by atoms with van der Waals surface area (Å²) in [4.78, 5) is 13.9. The Morgan fingerprint density at radius 3 is 2.78 bits per heavy atom. The molecule has 0 heterocycles. The molecule has 0 bridgehead atoms. The summed E-state index contributed by atoms with van der Waals surface area (Å²) in [5, 5.41) is 12.9. The van der Waals surface area contributed by atoms with Gasteiger partial charge in [0.25, 0.3) is 0 Å². The van der Waals surface area contributed by atoms with Crippen molar-refractivity contribution in [2.75, 3.05) is 13.6 Å². The lowest BCUT2D eigenvalue weighted by molar-refractivity contribution is 0.0563. The van der Waals surface area contributed by atoms with Gasteiger partial charge in [0.05, 0.1) is 12.1 Å². The fraction of sp³-hybridized carbons (Fsp3) is 0.611. The molecule has 1 saturated carbocycles. The molecule has 2 rings (SSSR count). The van der Waals surface area contributed by atoms with Crippen LogP contribution in [0.25, 0.3) is 0 Å². The number of nitrogens with zero attached hydrogens (tertiary/aromatic N) is 1. The van der Waals surface area contributed by atoms with Crippen molar-refractivity contribution in [1.29, 1.82) is 0 Å². The highest BCUT2D eigenvalue weighted by molar-refractivity contribution is 5.74. The smallest absolute Gasteiger partial charge is 0.317 e. The molecule has 1 aliphatic rings. The molecule has 3 unspecified atom stereocenters. The van der Waals surface area contributed by atoms with E-state index in [1.54, 1.807) is 24.9 Å². The van der Waals surface area contributed by atoms with Gasteiger partial charge in [-0.3, -0.25) is 0 Å². The highest BCUT2D eigenvalue weighted by Gasteiger charge is 2.26. The maximum absolute atomic E-state index is 13.6. The van der Waals surface area contributed by atoms with Crippen molar-refractivity contribution in [2.24, 2.45) is 5.92 Å². The van der Waals surface area contributed by atoms with Crippen LogP contribution in [0.3, 0.4) is 0 Å². The third-order valence-electron chi connectivity index (χ3n) is 4.76. The van der Waals surface area contributed by atoms with E-state index in [1.807, 2.05) is 13.0 Å². The topological polar surface area (TPSA) is 52.6 Å². The molecule has 23 heavy (non-hydrogen) atoms. The molecule has 1 aromatic carbocycles. The van der Waals surface area contributed by atoms with E-state index in [2.05, 4.69) is 5.32 Å². The molecule has 0 spiro atoms. The van der Waals surface area contributed by atoms with E-state index in [0.717, 1.165) is 31.2 Å². The number of urea groups is 1. The number of halogens is 1. The van der Waals surface area contributed by atoms with Crippen LogP contribution in [0.1, 0.15) is 49.8 Å². The van der Waals surface area contributed by atoms with Crippen LogP contribution in [0.4, 0.5) is 9.18 Å². The van der Waals surface area contributed by atoms with Crippen molar-refractivity contribution in [1.82, 2.24) is 10.2 Å². The Hall–Kier alpha value is -1.62. The first kappa shape index (κ1) is 17.7. The molecule has 1 aliphatic carbocycles. The molecule has 1 fully saturated rings. The summed E-state index contributed by atoms with van der Waals surface area (Å²) < 4.78 is 13.6. The molecule has 1 aromatic rings. The zero-order valence-electron chi connectivity index (χ0n) is 14.2. The van der Waals surface area contributed by atoms with Crippen LogP contribution in [-0.4, -0.2) is 35.7 Å². The van der Waals surface area contributed by atoms with Gasteiger partial charge in [-0.2, -0.15) is 0 Å². The molecule has 4 nitrogen and oxygen atoms in total. The van der Waals surface area contributed by atoms with Gasteiger partial charge < -0.3 is 15.3 Å². The van der Waals surface area contributed by atoms with Crippen LogP contribution in [0.15, 0.2) is 18.2 Å². The fourth-order valence-corrected chi connectivity index (χ4v) is 3.09. The predicted molar refractivity (Wildman–Crippen MR) is 88.7 cm³/mol. The number of aliphatic hydroxyl groups is 1. The Balaban J connectivity index is 1.90. The van der Waals surface area contributed by atoms with Gasteiger partial charge in [-0.05, 0) is 43.9 Å². The second-order valence-electron chi connectivity index (χ2n) is 6.67. The first-order valence-electron chi connectivity index (χ1n) is 8.34. The molecular formula is C18H27FN2O2. The van der Waals surface area contributed by atoms with Crippen molar-refractivity contribution in [3.63, 3.8) is 0 Å². The van der Waals surface area contributed by atoms with Crippen molar-refractivity contribution < 1.29 is 14.3 Å². The van der Waals surface area contributed by atoms with E-state index in [1.165, 1.54) is 6.07 Å². The van der Waals surface area contributed by atoms with Crippen molar-refractivity contribution in [2.45, 2.75) is 51.7 Å². The number of hydrogen-bond acceptors (Lipinski definition) is 2. The second kappa shape index (κ2) is 7.77. The van der Waals surface area contributed by atoms with Crippen LogP contribution in [0, 0.1) is 18.7 Å². The number of nitrogens with one attached hydrogen (secondary N) is 1. The van der Waals surface area contributed by atoms with E-state index in [9.17, 15) is 14.3 Å². The minimum atomic E-state index is -0.317. The maximum atomic E-state index is 13.6. The van der Waals surface area contributed by atoms with Gasteiger partial charge in [-0.25, -0.2) is 9.18 Å². The molecule has 0 aromatic heterocycles. The lowest BCUT2D eigenvalue weighted by atomic mass is 9.86. The summed E-state index contributed by atoms with van der Waals surface area (Å²) in [6.45, 7) is 4.10. The molecule has 3 atom stereocenters. The molecule has 0 aliphatic heterocycles. The van der Waals surface area contributed by atoms with Gasteiger partial charge in [0.2, 0.25) is 0 Å². The number of amides is 2. The average Bonchev–Trinajstić information content (AvgIpc) is 2.52. The third-order valence-corrected chi connectivity index (χ3v) is 4.76. The number of aryl methyl sites for hydroxylation is 1. The lowest BCUT2D eigenvalue weighted by Gasteiger charge is -2.31. The minimum absolute atomic E-state index is 0.145. The number of carbonyl (C=O) groups excluding carboxylic acids is 1. The van der Waals surface area contributed by atoms with Crippen molar-refractivity contribution >= 4 is 6.03 Å². The van der Waals surface area contributed by atoms with E-state index in [0.29, 0.717) is 12.1 Å². The summed E-state index contributed by atoms with van der Waals surface area (Å²) in [5.74, 6) is -0.117. The van der Waals surface area contributed by atoms with Crippen LogP contribution in [-0.2, 0) is 0 Å². The summed E-state index contributed by atoms with van der Waals surface area (Å²) in [5.41, 5.74) is 1.34. The monoisotopic (exact) mass is 322 g/mol. The van der Waals surface area contributed by atoms with Gasteiger partial charge in [0.15, 0.2) is 0 Å². The van der Waals surface area contributed by atoms with Crippen LogP contribution < -0.4 is 5.32 Å². The Kier molecular flexibility index (Phi) is 5.99. The minimum Gasteiger partial charge on any atom is -0.393 e. The van der Waals surface area contributed by atoms with Gasteiger partial charge in [-0.1, -0.05) is 25.0 Å². The number of aliphatic hydroxyl groups excluding tert-OH is 1. The number of hydrogen-bond donors (Lipinski definition) is 2. The van der Waals surface area contributed by atoms with E-state index < -0.39 is 0 Å². The van der Waals surface area contributed by atoms with Crippen molar-refractivity contribution in [3.8, 4) is 0 Å². The molecule has 2 amide bonds. The van der Waals surface area contributed by atoms with Crippen LogP contribution in [0.5, 0.6) is 0 Å². The van der Waals surface area contributed by atoms with Gasteiger partial charge >= 0.3 is 6.03 Å². The summed E-state index contributed by atoms with van der Waals surface area (Å²) in [7, 11) is 1.74. The fourth-order valence-electron chi connectivity index (χ4n) is 3.09. The first-order chi connectivity index (χ1) is 10.9. The Morgan fingerprint density at radius 1 is 1.43 bits per heavy atom. The third kappa shape index (κ3) is 4.67. The predicted octanol–water partition coefficient (Wildman–Crippen LogP) is 3.39. The SMILES string of the molecule is Cc1ccc(C(C)NC(=O)N(C)CC2CCCCC2O)cc1F. The normalized spacial score (nSPS) is 22.5. The summed E-state index contributed by atoms with van der Waals surface area (Å²) >= 11 is 0. The molecule has 128 valence electrons. The molecular weight excluding hydrogens is 295 g/mol. The standard InChI is InChI=1S/C18H27FN2O2/c1-12-8-9-14(10-16(12)19)13(2)20-18(23)21(3)11-15-6-4-5-7-17(15)22/h8-10,13,15,17,22H,4-7,11H2,1-3H3,(H,20,23). The quantitative estimate of drug-likeness (QED) is 0.893. The van der Waals surface area contributed by atoms with E-state index >= 15 is 0 Å². The van der Waals surface area contributed by atoms with E-state index in [-0.39, 0.29) is 29.9 Å². The Bertz CT molecular complexity index is 550. The summed E-state index contributed by atoms with van der Waals surface area (Å²) in [6.07, 6.45) is 3.62. The average molecular weight is 322 g/mol. The lowest BCUT2D eigenvalue weighted by Crippen LogP contribution is -2.43. The van der Waals surface area contributed by atoms with Gasteiger partial charge in [0.1, 0.15) is 5.82 Å². The van der Waals surface area contributed by atoms with Crippen molar-refractivity contribution in [3.05, 3.63) is 35.1 Å². The highest BCUT2D eigenvalue weighted by Crippen LogP contribution is 2.25. The Labute approximate surface area is 137 Å². The van der Waals surface area contributed by atoms with E-state index in [4.69, 9.17) is 0 Å². The molecule has 0 radical (unpaired) electrons. The Morgan fingerprint density at radius 2 is 2.13 bits per heavy atom. The first-order valence-corrected chi connectivity index (χ1v) is 8.34. The molecule has 5 heteroatoms. The van der Waals surface area contributed by atoms with Crippen LogP contribution in [0.2, 0.25) is 0 Å². The van der Waals surface area contributed by atoms with Gasteiger partial charge in [0, 0.05) is 19.5 Å². The highest BCUT2D eigenvalue weighted by atomic mass is 19.1.